The van der Waals surface area contributed by atoms with Crippen LogP contribution in [0.4, 0.5) is 0 Å². The molecule has 2 saturated carbocycles. The molecule has 2 fully saturated rings. The standard InChI is InChI=1S/C34H64N2/c1-3-4-5-13-20-29(2)34(28-27-33(35)36-34)32-25-17-12-16-23-31(24-18-19-26-32)30-21-14-10-8-6-7-9-11-15-22-30/h29-32H,3-28H2,1-2H3,(H2,35,36). The van der Waals surface area contributed by atoms with Crippen LogP contribution in [0, 0.1) is 23.7 Å². The van der Waals surface area contributed by atoms with E-state index in [1.807, 2.05) is 0 Å². The van der Waals surface area contributed by atoms with Crippen LogP contribution in [0.1, 0.15) is 181 Å². The van der Waals surface area contributed by atoms with E-state index in [-0.39, 0.29) is 5.54 Å². The molecule has 0 radical (unpaired) electrons. The van der Waals surface area contributed by atoms with Crippen LogP contribution < -0.4 is 5.73 Å². The van der Waals surface area contributed by atoms with Crippen LogP contribution in [-0.4, -0.2) is 11.4 Å². The molecule has 3 aliphatic rings. The van der Waals surface area contributed by atoms with Crippen LogP contribution in [0.5, 0.6) is 0 Å². The highest BCUT2D eigenvalue weighted by Gasteiger charge is 2.45. The first-order chi connectivity index (χ1) is 17.7. The summed E-state index contributed by atoms with van der Waals surface area (Å²) in [6, 6.07) is 0. The summed E-state index contributed by atoms with van der Waals surface area (Å²) in [5.74, 6) is 4.43. The number of hydrogen-bond donors (Lipinski definition) is 1. The first kappa shape index (κ1) is 30.0. The molecule has 2 aliphatic carbocycles. The van der Waals surface area contributed by atoms with Crippen molar-refractivity contribution in [1.82, 2.24) is 0 Å². The minimum Gasteiger partial charge on any atom is -0.387 e. The van der Waals surface area contributed by atoms with Gasteiger partial charge in [0.05, 0.1) is 11.4 Å². The summed E-state index contributed by atoms with van der Waals surface area (Å²) in [7, 11) is 0. The zero-order valence-electron chi connectivity index (χ0n) is 24.7. The van der Waals surface area contributed by atoms with Gasteiger partial charge in [-0.15, -0.1) is 0 Å². The van der Waals surface area contributed by atoms with Gasteiger partial charge in [0, 0.05) is 6.42 Å². The van der Waals surface area contributed by atoms with Gasteiger partial charge >= 0.3 is 0 Å². The van der Waals surface area contributed by atoms with Gasteiger partial charge in [0.2, 0.25) is 0 Å². The fourth-order valence-electron chi connectivity index (χ4n) is 8.41. The average Bonchev–Trinajstić information content (AvgIpc) is 3.22. The highest BCUT2D eigenvalue weighted by molar-refractivity contribution is 5.82. The fourth-order valence-corrected chi connectivity index (χ4v) is 8.41. The van der Waals surface area contributed by atoms with Gasteiger partial charge in [0.15, 0.2) is 0 Å². The number of rotatable bonds is 8. The maximum atomic E-state index is 6.39. The summed E-state index contributed by atoms with van der Waals surface area (Å²) in [5.41, 5.74) is 6.54. The Morgan fingerprint density at radius 2 is 1.17 bits per heavy atom. The van der Waals surface area contributed by atoms with Crippen LogP contribution in [-0.2, 0) is 0 Å². The topological polar surface area (TPSA) is 38.4 Å². The molecule has 0 saturated heterocycles. The highest BCUT2D eigenvalue weighted by atomic mass is 15.0. The number of nitrogens with zero attached hydrogens (tertiary/aromatic N) is 1. The first-order valence-corrected chi connectivity index (χ1v) is 17.0. The third-order valence-corrected chi connectivity index (χ3v) is 10.8. The largest absolute Gasteiger partial charge is 0.387 e. The molecule has 4 unspecified atom stereocenters. The van der Waals surface area contributed by atoms with Crippen molar-refractivity contribution in [3.63, 3.8) is 0 Å². The maximum Gasteiger partial charge on any atom is 0.0945 e. The molecule has 0 aromatic rings. The number of hydrogen-bond acceptors (Lipinski definition) is 2. The lowest BCUT2D eigenvalue weighted by Gasteiger charge is -2.41. The van der Waals surface area contributed by atoms with Crippen molar-refractivity contribution in [1.29, 1.82) is 0 Å². The van der Waals surface area contributed by atoms with Crippen LogP contribution >= 0.6 is 0 Å². The van der Waals surface area contributed by atoms with Gasteiger partial charge in [-0.05, 0) is 49.4 Å². The molecular formula is C34H64N2. The molecule has 4 atom stereocenters. The van der Waals surface area contributed by atoms with E-state index < -0.39 is 0 Å². The fraction of sp³-hybridized carbons (Fsp3) is 0.971. The number of aliphatic imine (C=N–C) groups is 1. The third kappa shape index (κ3) is 9.65. The summed E-state index contributed by atoms with van der Waals surface area (Å²) in [5, 5.41) is 0. The van der Waals surface area contributed by atoms with Crippen LogP contribution in [0.15, 0.2) is 4.99 Å². The lowest BCUT2D eigenvalue weighted by Crippen LogP contribution is -2.41. The van der Waals surface area contributed by atoms with E-state index in [2.05, 4.69) is 13.8 Å². The molecule has 0 amide bonds. The Bertz CT molecular complexity index is 586. The number of amidine groups is 1. The highest BCUT2D eigenvalue weighted by Crippen LogP contribution is 2.46. The van der Waals surface area contributed by atoms with Gasteiger partial charge in [-0.1, -0.05) is 149 Å². The number of nitrogens with two attached hydrogens (primary N) is 1. The van der Waals surface area contributed by atoms with Crippen LogP contribution in [0.25, 0.3) is 0 Å². The van der Waals surface area contributed by atoms with Crippen molar-refractivity contribution in [2.45, 2.75) is 186 Å². The first-order valence-electron chi connectivity index (χ1n) is 17.0. The zero-order chi connectivity index (χ0) is 25.5. The maximum absolute atomic E-state index is 6.39. The van der Waals surface area contributed by atoms with Crippen LogP contribution in [0.3, 0.4) is 0 Å². The predicted octanol–water partition coefficient (Wildman–Crippen LogP) is 10.8. The Kier molecular flexibility index (Phi) is 14.3. The molecule has 2 nitrogen and oxygen atoms in total. The monoisotopic (exact) mass is 501 g/mol. The lowest BCUT2D eigenvalue weighted by atomic mass is 9.68. The minimum atomic E-state index is 0.151. The van der Waals surface area contributed by atoms with E-state index in [9.17, 15) is 0 Å². The second-order valence-electron chi connectivity index (χ2n) is 13.4. The molecule has 1 heterocycles. The molecule has 0 aromatic heterocycles. The Balaban J connectivity index is 1.59. The molecule has 2 N–H and O–H groups in total. The summed E-state index contributed by atoms with van der Waals surface area (Å²) < 4.78 is 0. The van der Waals surface area contributed by atoms with Crippen molar-refractivity contribution >= 4 is 5.84 Å². The Hall–Kier alpha value is -0.530. The van der Waals surface area contributed by atoms with Gasteiger partial charge in [-0.2, -0.15) is 0 Å². The third-order valence-electron chi connectivity index (χ3n) is 10.8. The van der Waals surface area contributed by atoms with Crippen molar-refractivity contribution < 1.29 is 0 Å². The second kappa shape index (κ2) is 17.1. The molecule has 3 rings (SSSR count). The smallest absolute Gasteiger partial charge is 0.0945 e. The minimum absolute atomic E-state index is 0.151. The lowest BCUT2D eigenvalue weighted by molar-refractivity contribution is 0.151. The van der Waals surface area contributed by atoms with E-state index in [0.717, 1.165) is 30.0 Å². The van der Waals surface area contributed by atoms with Gasteiger partial charge in [0.25, 0.3) is 0 Å². The molecule has 1 aliphatic heterocycles. The van der Waals surface area contributed by atoms with Gasteiger partial charge in [-0.25, -0.2) is 0 Å². The Morgan fingerprint density at radius 1 is 0.694 bits per heavy atom. The van der Waals surface area contributed by atoms with E-state index in [1.54, 1.807) is 0 Å². The van der Waals surface area contributed by atoms with E-state index in [0.29, 0.717) is 5.92 Å². The average molecular weight is 501 g/mol. The summed E-state index contributed by atoms with van der Waals surface area (Å²) >= 11 is 0. The second-order valence-corrected chi connectivity index (χ2v) is 13.4. The molecule has 210 valence electrons. The quantitative estimate of drug-likeness (QED) is 0.331. The molecule has 0 aromatic carbocycles. The van der Waals surface area contributed by atoms with Crippen molar-refractivity contribution in [3.05, 3.63) is 0 Å². The predicted molar refractivity (Wildman–Crippen MR) is 160 cm³/mol. The molecule has 36 heavy (non-hydrogen) atoms. The van der Waals surface area contributed by atoms with Crippen molar-refractivity contribution in [2.75, 3.05) is 0 Å². The van der Waals surface area contributed by atoms with Crippen molar-refractivity contribution in [2.24, 2.45) is 34.4 Å². The zero-order valence-corrected chi connectivity index (χ0v) is 24.7. The van der Waals surface area contributed by atoms with E-state index in [4.69, 9.17) is 10.7 Å². The summed E-state index contributed by atoms with van der Waals surface area (Å²) in [6.07, 6.45) is 37.1. The van der Waals surface area contributed by atoms with Crippen molar-refractivity contribution in [3.8, 4) is 0 Å². The summed E-state index contributed by atoms with van der Waals surface area (Å²) in [4.78, 5) is 5.32. The Labute approximate surface area is 226 Å². The molecule has 0 bridgehead atoms. The van der Waals surface area contributed by atoms with Gasteiger partial charge < -0.3 is 5.73 Å². The number of unbranched alkanes of at least 4 members (excludes halogenated alkanes) is 3. The van der Waals surface area contributed by atoms with Crippen LogP contribution in [0.2, 0.25) is 0 Å². The molecular weight excluding hydrogens is 436 g/mol. The van der Waals surface area contributed by atoms with E-state index in [1.165, 1.54) is 161 Å². The van der Waals surface area contributed by atoms with Gasteiger partial charge in [0.1, 0.15) is 0 Å². The SMILES string of the molecule is CCCCCCC(C)C1(C2CCCCCC(C3CCCCCCCCCC3)CCCC2)CCC(N)=N1. The van der Waals surface area contributed by atoms with E-state index >= 15 is 0 Å². The normalized spacial score (nSPS) is 31.7. The van der Waals surface area contributed by atoms with Gasteiger partial charge in [-0.3, -0.25) is 4.99 Å². The Morgan fingerprint density at radius 3 is 1.69 bits per heavy atom. The molecule has 0 spiro atoms. The summed E-state index contributed by atoms with van der Waals surface area (Å²) in [6.45, 7) is 4.85. The molecule has 2 heteroatoms.